The molecule has 0 aliphatic carbocycles. The zero-order valence-corrected chi connectivity index (χ0v) is 12.1. The Kier molecular flexibility index (Phi) is 58.8. The number of hydrogen-bond donors (Lipinski definition) is 5. The summed E-state index contributed by atoms with van der Waals surface area (Å²) >= 11 is 0. The van der Waals surface area contributed by atoms with Crippen molar-refractivity contribution in [1.82, 2.24) is 0 Å². The molecule has 1 radical (unpaired) electrons. The maximum atomic E-state index is 7.95. The van der Waals surface area contributed by atoms with Gasteiger partial charge in [-0.1, -0.05) is 14.4 Å². The topological polar surface area (TPSA) is 151 Å². The summed E-state index contributed by atoms with van der Waals surface area (Å²) in [6.07, 6.45) is 0.645. The molecule has 0 aromatic rings. The molecular weight excluding hydrogens is 319 g/mol. The van der Waals surface area contributed by atoms with Gasteiger partial charge >= 0.3 is 0 Å². The van der Waals surface area contributed by atoms with Crippen LogP contribution in [0.15, 0.2) is 0 Å². The quantitative estimate of drug-likeness (QED) is 0.157. The minimum absolute atomic E-state index is 0. The largest absolute Gasteiger partial charge is 0.547 e. The van der Waals surface area contributed by atoms with E-state index >= 15 is 0 Å². The van der Waals surface area contributed by atoms with Crippen molar-refractivity contribution in [2.45, 2.75) is 27.1 Å². The summed E-state index contributed by atoms with van der Waals surface area (Å²) in [5.41, 5.74) is 0. The van der Waals surface area contributed by atoms with Gasteiger partial charge in [0.15, 0.2) is 6.79 Å². The average molecular weight is 344 g/mol. The molecule has 0 aromatic heterocycles. The standard InChI is InChI=1S/C3H5O3.C3H8O2.CH4O3.CH4O2.CH4.V/c4-2-6-3-1-5-3;1-2-3-5-4;2-1-4-3;1-3-2;;/h1,3-4H,2H2;4H,2-3H2,1H3;2-3H,1H2;2H,1H3;1H4;/q-1;;;;;. The van der Waals surface area contributed by atoms with Gasteiger partial charge in [0.2, 0.25) is 0 Å². The van der Waals surface area contributed by atoms with Gasteiger partial charge in [0, 0.05) is 24.8 Å². The summed E-state index contributed by atoms with van der Waals surface area (Å²) in [5.74, 6) is 0. The Morgan fingerprint density at radius 1 is 1.10 bits per heavy atom. The molecule has 0 aromatic carbocycles. The van der Waals surface area contributed by atoms with Crippen LogP contribution in [0.5, 0.6) is 0 Å². The summed E-state index contributed by atoms with van der Waals surface area (Å²) < 4.78 is 8.87. The predicted octanol–water partition coefficient (Wildman–Crippen LogP) is 0.522. The molecule has 1 unspecified atom stereocenters. The molecule has 1 saturated heterocycles. The Morgan fingerprint density at radius 3 is 1.55 bits per heavy atom. The molecule has 1 aliphatic heterocycles. The van der Waals surface area contributed by atoms with E-state index in [9.17, 15) is 0 Å². The first kappa shape index (κ1) is 32.2. The van der Waals surface area contributed by atoms with E-state index in [4.69, 9.17) is 26.0 Å². The molecule has 1 aliphatic rings. The third kappa shape index (κ3) is 63.7. The monoisotopic (exact) mass is 344 g/mol. The second-order valence-corrected chi connectivity index (χ2v) is 2.21. The zero-order valence-electron chi connectivity index (χ0n) is 10.7. The van der Waals surface area contributed by atoms with E-state index in [0.717, 1.165) is 6.42 Å². The summed E-state index contributed by atoms with van der Waals surface area (Å²) in [7, 11) is 1.18. The fourth-order valence-electron chi connectivity index (χ4n) is 0.275. The average Bonchev–Trinajstić information content (AvgIpc) is 3.17. The first-order valence-electron chi connectivity index (χ1n) is 4.70. The van der Waals surface area contributed by atoms with Gasteiger partial charge in [-0.15, -0.1) is 0 Å². The molecule has 1 heterocycles. The van der Waals surface area contributed by atoms with Crippen LogP contribution in [0, 0.1) is 6.61 Å². The van der Waals surface area contributed by atoms with Gasteiger partial charge < -0.3 is 19.7 Å². The van der Waals surface area contributed by atoms with Gasteiger partial charge in [-0.05, 0) is 6.42 Å². The van der Waals surface area contributed by atoms with Crippen molar-refractivity contribution < 1.29 is 68.7 Å². The van der Waals surface area contributed by atoms with Crippen LogP contribution in [0.25, 0.3) is 0 Å². The second kappa shape index (κ2) is 36.5. The fraction of sp³-hybridized carbons (Fsp3) is 0.889. The molecule has 0 saturated carbocycles. The molecule has 20 heavy (non-hydrogen) atoms. The number of hydrogen-bond acceptors (Lipinski definition) is 10. The Labute approximate surface area is 130 Å². The first-order valence-corrected chi connectivity index (χ1v) is 4.70. The van der Waals surface area contributed by atoms with Gasteiger partial charge in [0.1, 0.15) is 6.79 Å². The number of aliphatic hydroxyl groups is 2. The molecule has 5 N–H and O–H groups in total. The number of aliphatic hydroxyl groups excluding tert-OH is 2. The summed E-state index contributed by atoms with van der Waals surface area (Å²) in [4.78, 5) is 10.0. The third-order valence-corrected chi connectivity index (χ3v) is 0.839. The first-order chi connectivity index (χ1) is 8.67. The molecule has 1 rings (SSSR count). The fourth-order valence-corrected chi connectivity index (χ4v) is 0.275. The van der Waals surface area contributed by atoms with Crippen LogP contribution in [0.2, 0.25) is 0 Å². The molecule has 0 spiro atoms. The van der Waals surface area contributed by atoms with E-state index in [1.165, 1.54) is 13.7 Å². The minimum atomic E-state index is -0.625. The molecule has 11 heteroatoms. The van der Waals surface area contributed by atoms with E-state index < -0.39 is 6.79 Å². The molecule has 10 nitrogen and oxygen atoms in total. The third-order valence-electron chi connectivity index (χ3n) is 0.839. The predicted molar refractivity (Wildman–Crippen MR) is 63.4 cm³/mol. The Morgan fingerprint density at radius 2 is 1.50 bits per heavy atom. The van der Waals surface area contributed by atoms with Crippen LogP contribution < -0.4 is 0 Å². The smallest absolute Gasteiger partial charge is 0.177 e. The van der Waals surface area contributed by atoms with Crippen molar-refractivity contribution in [1.29, 1.82) is 0 Å². The summed E-state index contributed by atoms with van der Waals surface area (Å²) in [5, 5.41) is 37.1. The number of ether oxygens (including phenoxy) is 2. The van der Waals surface area contributed by atoms with Crippen molar-refractivity contribution in [2.75, 3.05) is 27.3 Å². The van der Waals surface area contributed by atoms with Crippen molar-refractivity contribution >= 4 is 0 Å². The van der Waals surface area contributed by atoms with Crippen LogP contribution in [0.1, 0.15) is 20.8 Å². The van der Waals surface area contributed by atoms with Gasteiger partial charge in [0.25, 0.3) is 0 Å². The Balaban J connectivity index is -0.0000000500. The van der Waals surface area contributed by atoms with Crippen LogP contribution in [-0.4, -0.2) is 59.6 Å². The number of rotatable bonds is 5. The van der Waals surface area contributed by atoms with E-state index in [2.05, 4.69) is 24.1 Å². The van der Waals surface area contributed by atoms with Crippen LogP contribution in [0.4, 0.5) is 0 Å². The Bertz CT molecular complexity index is 113. The maximum absolute atomic E-state index is 7.95. The summed E-state index contributed by atoms with van der Waals surface area (Å²) in [6, 6.07) is 0. The maximum Gasteiger partial charge on any atom is 0.177 e. The van der Waals surface area contributed by atoms with Crippen LogP contribution >= 0.6 is 0 Å². The van der Waals surface area contributed by atoms with E-state index in [1.807, 2.05) is 6.92 Å². The second-order valence-electron chi connectivity index (χ2n) is 2.21. The Hall–Kier alpha value is 0.184. The summed E-state index contributed by atoms with van der Waals surface area (Å²) in [6.45, 7) is 2.98. The normalized spacial score (nSPS) is 13.7. The van der Waals surface area contributed by atoms with Crippen molar-refractivity contribution in [2.24, 2.45) is 0 Å². The van der Waals surface area contributed by atoms with Gasteiger partial charge in [-0.2, -0.15) is 6.61 Å². The zero-order chi connectivity index (χ0) is 14.6. The minimum Gasteiger partial charge on any atom is -0.547 e. The van der Waals surface area contributed by atoms with E-state index in [-0.39, 0.29) is 39.1 Å². The van der Waals surface area contributed by atoms with Gasteiger partial charge in [-0.3, -0.25) is 10.5 Å². The molecule has 127 valence electrons. The van der Waals surface area contributed by atoms with Gasteiger partial charge in [-0.25, -0.2) is 19.9 Å². The van der Waals surface area contributed by atoms with Crippen molar-refractivity contribution in [3.05, 3.63) is 6.61 Å². The van der Waals surface area contributed by atoms with E-state index in [1.54, 1.807) is 0 Å². The molecule has 1 atom stereocenters. The van der Waals surface area contributed by atoms with Crippen LogP contribution in [0.3, 0.4) is 0 Å². The molecule has 0 amide bonds. The van der Waals surface area contributed by atoms with Crippen LogP contribution in [-0.2, 0) is 42.7 Å². The van der Waals surface area contributed by atoms with Gasteiger partial charge in [0.05, 0.1) is 13.7 Å². The molecule has 1 fully saturated rings. The van der Waals surface area contributed by atoms with E-state index in [0.29, 0.717) is 6.61 Å². The molecular formula is C9H25O10V-. The SMILES string of the molecule is C.CCCOO.COO.OCOC1[CH-]O1.OCOO.[V]. The number of epoxide rings is 1. The van der Waals surface area contributed by atoms with Crippen molar-refractivity contribution in [3.8, 4) is 0 Å². The molecule has 0 bridgehead atoms. The van der Waals surface area contributed by atoms with Crippen molar-refractivity contribution in [3.63, 3.8) is 0 Å².